The Labute approximate surface area is 358 Å². The van der Waals surface area contributed by atoms with Crippen LogP contribution in [0.4, 0.5) is 13.2 Å². The van der Waals surface area contributed by atoms with E-state index >= 15 is 0 Å². The van der Waals surface area contributed by atoms with Crippen molar-refractivity contribution in [3.05, 3.63) is 209 Å². The van der Waals surface area contributed by atoms with Gasteiger partial charge in [-0.1, -0.05) is 146 Å². The van der Waals surface area contributed by atoms with Crippen LogP contribution in [0.5, 0.6) is 5.75 Å². The zero-order valence-electron chi connectivity index (χ0n) is 32.9. The molecule has 12 rings (SSSR count). The summed E-state index contributed by atoms with van der Waals surface area (Å²) in [4.78, 5) is 15.3. The predicted octanol–water partition coefficient (Wildman–Crippen LogP) is 10.8. The van der Waals surface area contributed by atoms with E-state index < -0.39 is 26.8 Å². The molecule has 0 N–H and O–H groups in total. The summed E-state index contributed by atoms with van der Waals surface area (Å²) in [6.07, 6.45) is 6.65. The molecule has 0 radical (unpaired) electrons. The Kier molecular flexibility index (Phi) is 7.89. The van der Waals surface area contributed by atoms with E-state index in [0.29, 0.717) is 22.9 Å². The van der Waals surface area contributed by atoms with Crippen LogP contribution in [0.1, 0.15) is 17.0 Å². The summed E-state index contributed by atoms with van der Waals surface area (Å²) >= 11 is 0. The van der Waals surface area contributed by atoms with Gasteiger partial charge >= 0.3 is 15.6 Å². The van der Waals surface area contributed by atoms with E-state index in [0.717, 1.165) is 87.5 Å². The summed E-state index contributed by atoms with van der Waals surface area (Å²) < 4.78 is 69.3. The molecule has 6 nitrogen and oxygen atoms in total. The molecule has 3 aliphatic carbocycles. The fraction of sp³-hybridized carbons (Fsp3) is 0.0377. The first-order valence-electron chi connectivity index (χ1n) is 20.3. The smallest absolute Gasteiger partial charge is 0.376 e. The average molecular weight is 846 g/mol. The van der Waals surface area contributed by atoms with Gasteiger partial charge in [0.2, 0.25) is 0 Å². The summed E-state index contributed by atoms with van der Waals surface area (Å²) in [6, 6.07) is 53.0. The van der Waals surface area contributed by atoms with E-state index in [9.17, 15) is 21.6 Å². The Balaban J connectivity index is 1.19. The molecule has 302 valence electrons. The van der Waals surface area contributed by atoms with Gasteiger partial charge in [-0.15, -0.1) is 0 Å². The van der Waals surface area contributed by atoms with E-state index in [-0.39, 0.29) is 0 Å². The Morgan fingerprint density at radius 2 is 1.02 bits per heavy atom. The minimum atomic E-state index is -5.90. The molecule has 9 aromatic rings. The van der Waals surface area contributed by atoms with Gasteiger partial charge in [-0.3, -0.25) is 0 Å². The normalized spacial score (nSPS) is 14.8. The van der Waals surface area contributed by atoms with Crippen LogP contribution in [-0.2, 0) is 15.5 Å². The standard InChI is InChI=1S/C53H30F3N3O3S/c54-53(55,56)63(60,61)62-34-23-24-37-43(29-34)36-18-8-7-17-35(36)42-27-33-28-45-40(51-58-49(31-13-3-1-4-14-31)57-50(59-51)32-15-5-2-6-16-32)25-26-52(48(45)41(33)30-44(37)42)46-21-11-9-19-38(46)39-20-10-12-22-47(39)52/h1-30H. The van der Waals surface area contributed by atoms with Gasteiger partial charge in [0.05, 0.1) is 5.41 Å². The van der Waals surface area contributed by atoms with E-state index in [4.69, 9.17) is 15.0 Å². The van der Waals surface area contributed by atoms with Gasteiger partial charge in [0, 0.05) is 16.7 Å². The second-order valence-electron chi connectivity index (χ2n) is 15.8. The number of alkyl halides is 3. The summed E-state index contributed by atoms with van der Waals surface area (Å²) in [5, 5.41) is 6.60. The number of allylic oxidation sites excluding steroid dienone is 4. The van der Waals surface area contributed by atoms with Gasteiger partial charge in [-0.2, -0.15) is 21.6 Å². The molecule has 0 saturated carbocycles. The molecule has 1 spiro atoms. The van der Waals surface area contributed by atoms with Crippen molar-refractivity contribution in [1.82, 2.24) is 15.0 Å². The maximum atomic E-state index is 13.5. The number of halogens is 3. The Hall–Kier alpha value is -7.69. The molecule has 8 aromatic carbocycles. The van der Waals surface area contributed by atoms with Crippen molar-refractivity contribution in [2.45, 2.75) is 10.9 Å². The lowest BCUT2D eigenvalue weighted by atomic mass is 9.66. The van der Waals surface area contributed by atoms with Crippen LogP contribution < -0.4 is 14.6 Å². The first-order valence-corrected chi connectivity index (χ1v) is 21.7. The lowest BCUT2D eigenvalue weighted by molar-refractivity contribution is -0.0500. The number of rotatable bonds is 5. The summed E-state index contributed by atoms with van der Waals surface area (Å²) in [6.45, 7) is 0. The van der Waals surface area contributed by atoms with E-state index in [1.807, 2.05) is 84.9 Å². The van der Waals surface area contributed by atoms with Gasteiger partial charge in [0.1, 0.15) is 5.75 Å². The van der Waals surface area contributed by atoms with Crippen LogP contribution in [0.25, 0.3) is 83.4 Å². The van der Waals surface area contributed by atoms with Crippen LogP contribution in [0.3, 0.4) is 0 Å². The summed E-state index contributed by atoms with van der Waals surface area (Å²) in [5.74, 6) is 1.18. The molecule has 1 heterocycles. The van der Waals surface area contributed by atoms with Gasteiger partial charge in [-0.05, 0) is 113 Å². The van der Waals surface area contributed by atoms with Crippen molar-refractivity contribution in [2.75, 3.05) is 0 Å². The lowest BCUT2D eigenvalue weighted by Crippen LogP contribution is -2.34. The van der Waals surface area contributed by atoms with Crippen LogP contribution in [0, 0.1) is 0 Å². The van der Waals surface area contributed by atoms with Gasteiger partial charge in [0.15, 0.2) is 17.5 Å². The molecule has 10 heteroatoms. The van der Waals surface area contributed by atoms with Crippen molar-refractivity contribution in [1.29, 1.82) is 0 Å². The number of hydrogen-bond donors (Lipinski definition) is 0. The molecule has 3 aliphatic rings. The van der Waals surface area contributed by atoms with Crippen molar-refractivity contribution in [2.24, 2.45) is 0 Å². The van der Waals surface area contributed by atoms with Crippen LogP contribution >= 0.6 is 0 Å². The largest absolute Gasteiger partial charge is 0.534 e. The lowest BCUT2D eigenvalue weighted by Gasteiger charge is -2.35. The van der Waals surface area contributed by atoms with Crippen molar-refractivity contribution < 1.29 is 25.8 Å². The molecule has 0 unspecified atom stereocenters. The van der Waals surface area contributed by atoms with E-state index in [1.54, 1.807) is 6.07 Å². The van der Waals surface area contributed by atoms with Crippen LogP contribution in [0.15, 0.2) is 182 Å². The third-order valence-corrected chi connectivity index (χ3v) is 13.4. The first kappa shape index (κ1) is 37.1. The molecular weight excluding hydrogens is 816 g/mol. The minimum absolute atomic E-state index is 0.430. The monoisotopic (exact) mass is 845 g/mol. The number of fused-ring (bicyclic) bond motifs is 14. The van der Waals surface area contributed by atoms with Crippen LogP contribution in [-0.4, -0.2) is 28.9 Å². The van der Waals surface area contributed by atoms with Crippen molar-refractivity contribution in [3.63, 3.8) is 0 Å². The SMILES string of the molecule is O=S(=O)(Oc1ccc2c(c1)c1ccccc1c1cc3c(cc21)=C1C(=C(c2nc(-c4ccccc4)nc(-c4ccccc4)n2)C=CC12c1ccccc1-c1ccccc12)C=3)C(F)(F)F. The molecule has 0 bridgehead atoms. The maximum absolute atomic E-state index is 13.5. The molecule has 0 fully saturated rings. The molecule has 1 aromatic heterocycles. The molecule has 0 atom stereocenters. The predicted molar refractivity (Wildman–Crippen MR) is 241 cm³/mol. The van der Waals surface area contributed by atoms with Crippen molar-refractivity contribution in [3.8, 4) is 39.7 Å². The summed E-state index contributed by atoms with van der Waals surface area (Å²) in [5.41, 5.74) is 2.80. The van der Waals surface area contributed by atoms with Gasteiger partial charge < -0.3 is 4.18 Å². The highest BCUT2D eigenvalue weighted by Crippen LogP contribution is 2.58. The van der Waals surface area contributed by atoms with Gasteiger partial charge in [0.25, 0.3) is 0 Å². The minimum Gasteiger partial charge on any atom is -0.376 e. The molecule has 0 saturated heterocycles. The summed E-state index contributed by atoms with van der Waals surface area (Å²) in [7, 11) is -5.90. The first-order chi connectivity index (χ1) is 30.6. The highest BCUT2D eigenvalue weighted by atomic mass is 32.2. The second-order valence-corrected chi connectivity index (χ2v) is 17.4. The zero-order chi connectivity index (χ0) is 42.7. The molecular formula is C53H30F3N3O3S. The van der Waals surface area contributed by atoms with Crippen LogP contribution in [0.2, 0.25) is 0 Å². The topological polar surface area (TPSA) is 82.0 Å². The number of benzene rings is 8. The highest BCUT2D eigenvalue weighted by Gasteiger charge is 2.49. The molecule has 0 amide bonds. The molecule has 63 heavy (non-hydrogen) atoms. The third-order valence-electron chi connectivity index (χ3n) is 12.4. The molecule has 0 aliphatic heterocycles. The zero-order valence-corrected chi connectivity index (χ0v) is 33.7. The number of aromatic nitrogens is 3. The number of hydrogen-bond acceptors (Lipinski definition) is 6. The Morgan fingerprint density at radius 1 is 0.508 bits per heavy atom. The second kappa shape index (κ2) is 13.4. The quantitative estimate of drug-likeness (QED) is 0.0975. The fourth-order valence-electron chi connectivity index (χ4n) is 9.79. The van der Waals surface area contributed by atoms with Crippen molar-refractivity contribution >= 4 is 59.7 Å². The van der Waals surface area contributed by atoms with Gasteiger partial charge in [-0.25, -0.2) is 15.0 Å². The van der Waals surface area contributed by atoms with E-state index in [1.165, 1.54) is 12.1 Å². The Morgan fingerprint density at radius 3 is 1.62 bits per heavy atom. The average Bonchev–Trinajstić information content (AvgIpc) is 3.82. The van der Waals surface area contributed by atoms with E-state index in [2.05, 4.69) is 83.1 Å². The third kappa shape index (κ3) is 5.50. The highest BCUT2D eigenvalue weighted by molar-refractivity contribution is 7.88. The fourth-order valence-corrected chi connectivity index (χ4v) is 10.2. The Bertz CT molecular complexity index is 3670. The number of nitrogens with zero attached hydrogens (tertiary/aromatic N) is 3. The maximum Gasteiger partial charge on any atom is 0.534 e.